The predicted octanol–water partition coefficient (Wildman–Crippen LogP) is 2.58. The van der Waals surface area contributed by atoms with E-state index in [2.05, 4.69) is 10.6 Å². The van der Waals surface area contributed by atoms with E-state index in [-0.39, 0.29) is 30.6 Å². The molecule has 4 rings (SSSR count). The molecule has 1 aliphatic heterocycles. The maximum absolute atomic E-state index is 12.8. The van der Waals surface area contributed by atoms with E-state index < -0.39 is 16.9 Å². The van der Waals surface area contributed by atoms with Gasteiger partial charge in [-0.1, -0.05) is 6.07 Å². The molecule has 29 heavy (non-hydrogen) atoms. The molecule has 152 valence electrons. The third-order valence-electron chi connectivity index (χ3n) is 5.17. The second kappa shape index (κ2) is 7.96. The molecule has 0 radical (unpaired) electrons. The summed E-state index contributed by atoms with van der Waals surface area (Å²) in [5.74, 6) is 0.825. The molecular formula is C20H21N3O6. The Labute approximate surface area is 166 Å². The van der Waals surface area contributed by atoms with Gasteiger partial charge in [0.1, 0.15) is 0 Å². The van der Waals surface area contributed by atoms with Crippen LogP contribution >= 0.6 is 0 Å². The number of anilines is 1. The molecule has 1 fully saturated rings. The SMILES string of the molecule is O=C(NCc1ccc2c(c1)OCO2)c1cc([N+](=O)[O-])ccc1NC1CCCC1O. The normalized spacial score (nSPS) is 19.8. The molecular weight excluding hydrogens is 378 g/mol. The molecule has 2 aromatic rings. The maximum atomic E-state index is 12.8. The molecule has 2 aliphatic rings. The number of ether oxygens (including phenoxy) is 2. The van der Waals surface area contributed by atoms with Crippen molar-refractivity contribution in [2.24, 2.45) is 0 Å². The molecule has 1 amide bonds. The average molecular weight is 399 g/mol. The minimum atomic E-state index is -0.539. The van der Waals surface area contributed by atoms with Gasteiger partial charge in [-0.05, 0) is 43.0 Å². The monoisotopic (exact) mass is 399 g/mol. The lowest BCUT2D eigenvalue weighted by molar-refractivity contribution is -0.384. The Morgan fingerprint density at radius 3 is 2.76 bits per heavy atom. The minimum absolute atomic E-state index is 0.166. The predicted molar refractivity (Wildman–Crippen MR) is 104 cm³/mol. The van der Waals surface area contributed by atoms with Crippen LogP contribution in [0.25, 0.3) is 0 Å². The fourth-order valence-electron chi connectivity index (χ4n) is 3.60. The zero-order valence-corrected chi connectivity index (χ0v) is 15.6. The van der Waals surface area contributed by atoms with Crippen LogP contribution in [0.4, 0.5) is 11.4 Å². The Hall–Kier alpha value is -3.33. The highest BCUT2D eigenvalue weighted by Gasteiger charge is 2.27. The summed E-state index contributed by atoms with van der Waals surface area (Å²) in [4.78, 5) is 23.4. The number of aliphatic hydroxyl groups is 1. The summed E-state index contributed by atoms with van der Waals surface area (Å²) in [5, 5.41) is 27.2. The summed E-state index contributed by atoms with van der Waals surface area (Å²) in [6.07, 6.45) is 1.85. The van der Waals surface area contributed by atoms with Crippen molar-refractivity contribution in [2.75, 3.05) is 12.1 Å². The topological polar surface area (TPSA) is 123 Å². The van der Waals surface area contributed by atoms with Crippen LogP contribution in [-0.4, -0.2) is 34.9 Å². The number of benzene rings is 2. The van der Waals surface area contributed by atoms with E-state index in [4.69, 9.17) is 9.47 Å². The van der Waals surface area contributed by atoms with Gasteiger partial charge in [0.2, 0.25) is 6.79 Å². The number of nitro benzene ring substituents is 1. The fraction of sp³-hybridized carbons (Fsp3) is 0.350. The van der Waals surface area contributed by atoms with Crippen LogP contribution in [0.3, 0.4) is 0 Å². The van der Waals surface area contributed by atoms with Crippen molar-refractivity contribution in [3.8, 4) is 11.5 Å². The van der Waals surface area contributed by atoms with Gasteiger partial charge < -0.3 is 25.2 Å². The van der Waals surface area contributed by atoms with Crippen molar-refractivity contribution >= 4 is 17.3 Å². The van der Waals surface area contributed by atoms with E-state index in [0.717, 1.165) is 18.4 Å². The van der Waals surface area contributed by atoms with Crippen molar-refractivity contribution in [1.82, 2.24) is 5.32 Å². The van der Waals surface area contributed by atoms with Gasteiger partial charge in [-0.2, -0.15) is 0 Å². The lowest BCUT2D eigenvalue weighted by Crippen LogP contribution is -2.30. The van der Waals surface area contributed by atoms with Crippen molar-refractivity contribution in [2.45, 2.75) is 38.0 Å². The van der Waals surface area contributed by atoms with Crippen LogP contribution in [0.15, 0.2) is 36.4 Å². The van der Waals surface area contributed by atoms with Crippen molar-refractivity contribution in [3.05, 3.63) is 57.6 Å². The van der Waals surface area contributed by atoms with Crippen LogP contribution < -0.4 is 20.1 Å². The van der Waals surface area contributed by atoms with Gasteiger partial charge in [-0.25, -0.2) is 0 Å². The maximum Gasteiger partial charge on any atom is 0.270 e. The van der Waals surface area contributed by atoms with Gasteiger partial charge in [0, 0.05) is 24.4 Å². The third-order valence-corrected chi connectivity index (χ3v) is 5.17. The molecule has 2 unspecified atom stereocenters. The quantitative estimate of drug-likeness (QED) is 0.504. The number of amides is 1. The summed E-state index contributed by atoms with van der Waals surface area (Å²) in [6, 6.07) is 9.29. The zero-order chi connectivity index (χ0) is 20.4. The molecule has 0 saturated heterocycles. The first-order chi connectivity index (χ1) is 14.0. The number of nitro groups is 1. The number of rotatable bonds is 6. The van der Waals surface area contributed by atoms with Crippen molar-refractivity contribution < 1.29 is 24.3 Å². The van der Waals surface area contributed by atoms with Crippen molar-refractivity contribution in [3.63, 3.8) is 0 Å². The Balaban J connectivity index is 1.52. The number of fused-ring (bicyclic) bond motifs is 1. The summed E-state index contributed by atoms with van der Waals surface area (Å²) >= 11 is 0. The molecule has 1 saturated carbocycles. The van der Waals surface area contributed by atoms with Gasteiger partial charge >= 0.3 is 0 Å². The largest absolute Gasteiger partial charge is 0.454 e. The summed E-state index contributed by atoms with van der Waals surface area (Å²) < 4.78 is 10.6. The number of carbonyl (C=O) groups excluding carboxylic acids is 1. The fourth-order valence-corrected chi connectivity index (χ4v) is 3.60. The lowest BCUT2D eigenvalue weighted by atomic mass is 10.1. The van der Waals surface area contributed by atoms with Crippen LogP contribution in [0, 0.1) is 10.1 Å². The summed E-state index contributed by atoms with van der Waals surface area (Å²) in [6.45, 7) is 0.393. The van der Waals surface area contributed by atoms with Gasteiger partial charge in [-0.15, -0.1) is 0 Å². The first-order valence-corrected chi connectivity index (χ1v) is 9.41. The standard InChI is InChI=1S/C20H21N3O6/c24-17-3-1-2-16(17)22-15-6-5-13(23(26)27)9-14(15)20(25)21-10-12-4-7-18-19(8-12)29-11-28-18/h4-9,16-17,22,24H,1-3,10-11H2,(H,21,25). The van der Waals surface area contributed by atoms with Crippen LogP contribution in [0.5, 0.6) is 11.5 Å². The van der Waals surface area contributed by atoms with Gasteiger partial charge in [-0.3, -0.25) is 14.9 Å². The summed E-state index contributed by atoms with van der Waals surface area (Å²) in [5.41, 5.74) is 1.27. The Morgan fingerprint density at radius 1 is 1.17 bits per heavy atom. The van der Waals surface area contributed by atoms with E-state index in [1.54, 1.807) is 12.1 Å². The Bertz CT molecular complexity index is 948. The van der Waals surface area contributed by atoms with Crippen LogP contribution in [0.1, 0.15) is 35.2 Å². The highest BCUT2D eigenvalue weighted by Crippen LogP contribution is 2.32. The molecule has 1 aliphatic carbocycles. The molecule has 9 heteroatoms. The Kier molecular flexibility index (Phi) is 5.22. The number of nitrogens with zero attached hydrogens (tertiary/aromatic N) is 1. The number of nitrogens with one attached hydrogen (secondary N) is 2. The van der Waals surface area contributed by atoms with Gasteiger partial charge in [0.25, 0.3) is 11.6 Å². The van der Waals surface area contributed by atoms with Crippen molar-refractivity contribution in [1.29, 1.82) is 0 Å². The average Bonchev–Trinajstić information content (AvgIpc) is 3.34. The molecule has 2 atom stereocenters. The number of aliphatic hydroxyl groups excluding tert-OH is 1. The number of non-ortho nitro benzene ring substituents is 1. The minimum Gasteiger partial charge on any atom is -0.454 e. The highest BCUT2D eigenvalue weighted by molar-refractivity contribution is 6.00. The molecule has 0 aromatic heterocycles. The van der Waals surface area contributed by atoms with Crippen LogP contribution in [-0.2, 0) is 6.54 Å². The smallest absolute Gasteiger partial charge is 0.270 e. The number of hydrogen-bond acceptors (Lipinski definition) is 7. The van der Waals surface area contributed by atoms with E-state index in [1.807, 2.05) is 6.07 Å². The molecule has 9 nitrogen and oxygen atoms in total. The Morgan fingerprint density at radius 2 is 2.00 bits per heavy atom. The van der Waals surface area contributed by atoms with E-state index in [0.29, 0.717) is 23.6 Å². The van der Waals surface area contributed by atoms with Crippen LogP contribution in [0.2, 0.25) is 0 Å². The van der Waals surface area contributed by atoms with E-state index >= 15 is 0 Å². The second-order valence-electron chi connectivity index (χ2n) is 7.11. The van der Waals surface area contributed by atoms with E-state index in [9.17, 15) is 20.0 Å². The van der Waals surface area contributed by atoms with E-state index in [1.165, 1.54) is 18.2 Å². The molecule has 2 aromatic carbocycles. The molecule has 3 N–H and O–H groups in total. The van der Waals surface area contributed by atoms with Gasteiger partial charge in [0.05, 0.1) is 22.6 Å². The highest BCUT2D eigenvalue weighted by atomic mass is 16.7. The molecule has 0 bridgehead atoms. The lowest BCUT2D eigenvalue weighted by Gasteiger charge is -2.20. The summed E-state index contributed by atoms with van der Waals surface area (Å²) in [7, 11) is 0. The number of hydrogen-bond donors (Lipinski definition) is 3. The first-order valence-electron chi connectivity index (χ1n) is 9.41. The third kappa shape index (κ3) is 4.09. The molecule has 1 heterocycles. The van der Waals surface area contributed by atoms with Gasteiger partial charge in [0.15, 0.2) is 11.5 Å². The number of carbonyl (C=O) groups is 1. The molecule has 0 spiro atoms. The zero-order valence-electron chi connectivity index (χ0n) is 15.6. The second-order valence-corrected chi connectivity index (χ2v) is 7.11. The first kappa shape index (κ1) is 19.0.